The van der Waals surface area contributed by atoms with Gasteiger partial charge in [-0.3, -0.25) is 9.69 Å². The minimum atomic E-state index is -4.81. The van der Waals surface area contributed by atoms with Crippen LogP contribution in [-0.2, 0) is 16.1 Å². The van der Waals surface area contributed by atoms with Crippen LogP contribution in [-0.4, -0.2) is 45.2 Å². The summed E-state index contributed by atoms with van der Waals surface area (Å²) in [7, 11) is 2.93. The molecule has 190 valence electrons. The first-order chi connectivity index (χ1) is 16.6. The molecule has 1 aliphatic rings. The molecule has 8 nitrogen and oxygen atoms in total. The molecule has 0 fully saturated rings. The largest absolute Gasteiger partial charge is 0.573 e. The second-order valence-corrected chi connectivity index (χ2v) is 7.89. The lowest BCUT2D eigenvalue weighted by Crippen LogP contribution is -2.46. The fourth-order valence-electron chi connectivity index (χ4n) is 4.07. The first-order valence-electron chi connectivity index (χ1n) is 10.9. The lowest BCUT2D eigenvalue weighted by Gasteiger charge is -2.38. The van der Waals surface area contributed by atoms with Crippen LogP contribution in [0, 0.1) is 0 Å². The average molecular weight is 496 g/mol. The van der Waals surface area contributed by atoms with Crippen LogP contribution in [0.4, 0.5) is 23.7 Å². The van der Waals surface area contributed by atoms with Gasteiger partial charge in [-0.05, 0) is 49.6 Å². The zero-order valence-electron chi connectivity index (χ0n) is 19.8. The van der Waals surface area contributed by atoms with E-state index >= 15 is 0 Å². The normalized spacial score (nSPS) is 17.3. The first kappa shape index (κ1) is 26.0. The van der Waals surface area contributed by atoms with Crippen LogP contribution < -0.4 is 24.4 Å². The minimum absolute atomic E-state index is 0.0109. The van der Waals surface area contributed by atoms with Crippen LogP contribution in [0.25, 0.3) is 0 Å². The quantitative estimate of drug-likeness (QED) is 0.595. The third-order valence-electron chi connectivity index (χ3n) is 5.57. The molecular formula is C24H27F3N2O6. The lowest BCUT2D eigenvalue weighted by molar-refractivity contribution is -0.274. The van der Waals surface area contributed by atoms with Crippen molar-refractivity contribution in [2.75, 3.05) is 25.7 Å². The third-order valence-corrected chi connectivity index (χ3v) is 5.57. The highest BCUT2D eigenvalue weighted by molar-refractivity contribution is 5.95. The van der Waals surface area contributed by atoms with Crippen molar-refractivity contribution in [2.24, 2.45) is 0 Å². The Morgan fingerprint density at radius 1 is 1.11 bits per heavy atom. The van der Waals surface area contributed by atoms with Gasteiger partial charge in [0.25, 0.3) is 0 Å². The summed E-state index contributed by atoms with van der Waals surface area (Å²) in [5, 5.41) is 2.77. The van der Waals surface area contributed by atoms with Crippen LogP contribution in [0.1, 0.15) is 37.3 Å². The Morgan fingerprint density at radius 3 is 2.43 bits per heavy atom. The smallest absolute Gasteiger partial charge is 0.493 e. The summed E-state index contributed by atoms with van der Waals surface area (Å²) in [5.74, 6) is -0.603. The van der Waals surface area contributed by atoms with Gasteiger partial charge < -0.3 is 24.3 Å². The van der Waals surface area contributed by atoms with E-state index in [1.54, 1.807) is 32.0 Å². The monoisotopic (exact) mass is 496 g/mol. The molecule has 1 heterocycles. The van der Waals surface area contributed by atoms with E-state index in [2.05, 4.69) is 10.1 Å². The molecule has 2 unspecified atom stereocenters. The number of anilines is 1. The molecule has 2 aromatic rings. The van der Waals surface area contributed by atoms with E-state index in [1.807, 2.05) is 0 Å². The maximum Gasteiger partial charge on any atom is 0.573 e. The molecule has 1 N–H and O–H groups in total. The predicted molar refractivity (Wildman–Crippen MR) is 121 cm³/mol. The molecular weight excluding hydrogens is 469 g/mol. The van der Waals surface area contributed by atoms with E-state index in [0.29, 0.717) is 34.7 Å². The molecule has 0 aliphatic carbocycles. The molecule has 0 saturated heterocycles. The molecule has 3 rings (SSSR count). The number of carbonyl (C=O) groups is 2. The number of benzene rings is 2. The molecule has 2 amide bonds. The number of ether oxygens (including phenoxy) is 4. The molecule has 0 aromatic heterocycles. The van der Waals surface area contributed by atoms with Crippen molar-refractivity contribution in [1.82, 2.24) is 5.32 Å². The van der Waals surface area contributed by atoms with Gasteiger partial charge in [-0.15, -0.1) is 13.2 Å². The van der Waals surface area contributed by atoms with E-state index < -0.39 is 18.4 Å². The van der Waals surface area contributed by atoms with Crippen molar-refractivity contribution < 1.29 is 41.7 Å². The number of methoxy groups -OCH3 is 2. The molecule has 0 saturated carbocycles. The molecule has 11 heteroatoms. The molecule has 0 bridgehead atoms. The van der Waals surface area contributed by atoms with Gasteiger partial charge in [-0.2, -0.15) is 0 Å². The molecule has 2 atom stereocenters. The van der Waals surface area contributed by atoms with E-state index in [0.717, 1.165) is 0 Å². The molecule has 35 heavy (non-hydrogen) atoms. The van der Waals surface area contributed by atoms with Gasteiger partial charge in [0.1, 0.15) is 5.75 Å². The van der Waals surface area contributed by atoms with Gasteiger partial charge in [0, 0.05) is 18.7 Å². The lowest BCUT2D eigenvalue weighted by atomic mass is 9.85. The summed E-state index contributed by atoms with van der Waals surface area (Å²) in [6.07, 6.45) is -5.06. The minimum Gasteiger partial charge on any atom is -0.493 e. The summed E-state index contributed by atoms with van der Waals surface area (Å²) < 4.78 is 57.4. The topological polar surface area (TPSA) is 86.3 Å². The molecule has 0 spiro atoms. The van der Waals surface area contributed by atoms with Crippen molar-refractivity contribution in [1.29, 1.82) is 0 Å². The summed E-state index contributed by atoms with van der Waals surface area (Å²) in [5.41, 5.74) is 1.44. The van der Waals surface area contributed by atoms with Gasteiger partial charge in [-0.25, -0.2) is 4.79 Å². The molecule has 0 radical (unpaired) electrons. The summed E-state index contributed by atoms with van der Waals surface area (Å²) in [6.45, 7) is 3.68. The average Bonchev–Trinajstić information content (AvgIpc) is 2.80. The van der Waals surface area contributed by atoms with E-state index in [-0.39, 0.29) is 30.9 Å². The number of nitrogens with one attached hydrogen (secondary N) is 1. The first-order valence-corrected chi connectivity index (χ1v) is 10.9. The number of halogens is 3. The van der Waals surface area contributed by atoms with Crippen LogP contribution in [0.2, 0.25) is 0 Å². The standard InChI is InChI=1S/C24H27F3N2O6/c1-5-34-23(31)29-14(2)9-18(17-11-20(32-3)21(33-4)12-19(17)29)22(30)28-13-15-7-6-8-16(10-15)35-24(25,26)27/h6-8,10-12,14,18H,5,9,13H2,1-4H3,(H,28,30). The van der Waals surface area contributed by atoms with Gasteiger partial charge >= 0.3 is 12.5 Å². The number of nitrogens with zero attached hydrogens (tertiary/aromatic N) is 1. The highest BCUT2D eigenvalue weighted by Crippen LogP contribution is 2.45. The van der Waals surface area contributed by atoms with Gasteiger partial charge in [0.15, 0.2) is 11.5 Å². The Labute approximate surface area is 200 Å². The summed E-state index contributed by atoms with van der Waals surface area (Å²) in [6, 6.07) is 8.28. The summed E-state index contributed by atoms with van der Waals surface area (Å²) in [4.78, 5) is 27.4. The maximum atomic E-state index is 13.2. The third kappa shape index (κ3) is 6.09. The Hall–Kier alpha value is -3.63. The van der Waals surface area contributed by atoms with Gasteiger partial charge in [0.2, 0.25) is 5.91 Å². The Kier molecular flexibility index (Phi) is 7.98. The van der Waals surface area contributed by atoms with Crippen molar-refractivity contribution in [3.63, 3.8) is 0 Å². The SMILES string of the molecule is CCOC(=O)N1c2cc(OC)c(OC)cc2C(C(=O)NCc2cccc(OC(F)(F)F)c2)CC1C. The van der Waals surface area contributed by atoms with Crippen molar-refractivity contribution in [3.8, 4) is 17.2 Å². The fraction of sp³-hybridized carbons (Fsp3) is 0.417. The highest BCUT2D eigenvalue weighted by Gasteiger charge is 2.39. The van der Waals surface area contributed by atoms with Gasteiger partial charge in [-0.1, -0.05) is 12.1 Å². The number of hydrogen-bond donors (Lipinski definition) is 1. The Morgan fingerprint density at radius 2 is 1.80 bits per heavy atom. The molecule has 2 aromatic carbocycles. The fourth-order valence-corrected chi connectivity index (χ4v) is 4.07. The number of alkyl halides is 3. The van der Waals surface area contributed by atoms with Crippen LogP contribution >= 0.6 is 0 Å². The Balaban J connectivity index is 1.88. The van der Waals surface area contributed by atoms with Crippen molar-refractivity contribution in [3.05, 3.63) is 47.5 Å². The van der Waals surface area contributed by atoms with Gasteiger partial charge in [0.05, 0.1) is 32.4 Å². The Bertz CT molecular complexity index is 1080. The van der Waals surface area contributed by atoms with Crippen LogP contribution in [0.5, 0.6) is 17.2 Å². The number of fused-ring (bicyclic) bond motifs is 1. The highest BCUT2D eigenvalue weighted by atomic mass is 19.4. The number of carbonyl (C=O) groups excluding carboxylic acids is 2. The van der Waals surface area contributed by atoms with Crippen molar-refractivity contribution >= 4 is 17.7 Å². The number of amides is 2. The zero-order valence-corrected chi connectivity index (χ0v) is 19.8. The van der Waals surface area contributed by atoms with E-state index in [4.69, 9.17) is 14.2 Å². The van der Waals surface area contributed by atoms with Crippen LogP contribution in [0.15, 0.2) is 36.4 Å². The summed E-state index contributed by atoms with van der Waals surface area (Å²) >= 11 is 0. The second kappa shape index (κ2) is 10.7. The van der Waals surface area contributed by atoms with Crippen LogP contribution in [0.3, 0.4) is 0 Å². The van der Waals surface area contributed by atoms with Crippen molar-refractivity contribution in [2.45, 2.75) is 45.1 Å². The van der Waals surface area contributed by atoms with E-state index in [9.17, 15) is 22.8 Å². The predicted octanol–water partition coefficient (Wildman–Crippen LogP) is 4.76. The van der Waals surface area contributed by atoms with E-state index in [1.165, 1.54) is 37.3 Å². The number of hydrogen-bond acceptors (Lipinski definition) is 6. The molecule has 1 aliphatic heterocycles. The maximum absolute atomic E-state index is 13.2. The zero-order chi connectivity index (χ0) is 25.8. The second-order valence-electron chi connectivity index (χ2n) is 7.89. The number of rotatable bonds is 7.